The first-order valence-electron chi connectivity index (χ1n) is 11.3. The van der Waals surface area contributed by atoms with Gasteiger partial charge in [-0.05, 0) is 55.8 Å². The molecule has 1 heterocycles. The van der Waals surface area contributed by atoms with E-state index in [0.29, 0.717) is 24.3 Å². The van der Waals surface area contributed by atoms with Crippen LogP contribution in [0.15, 0.2) is 89.8 Å². The largest absolute Gasteiger partial charge is 0.348 e. The molecule has 180 valence electrons. The van der Waals surface area contributed by atoms with E-state index in [-0.39, 0.29) is 10.8 Å². The highest BCUT2D eigenvalue weighted by molar-refractivity contribution is 7.92. The van der Waals surface area contributed by atoms with E-state index in [9.17, 15) is 13.2 Å². The van der Waals surface area contributed by atoms with Gasteiger partial charge in [0.2, 0.25) is 0 Å². The van der Waals surface area contributed by atoms with Gasteiger partial charge in [0.15, 0.2) is 0 Å². The van der Waals surface area contributed by atoms with Crippen molar-refractivity contribution in [3.8, 4) is 0 Å². The van der Waals surface area contributed by atoms with Gasteiger partial charge in [0.05, 0.1) is 22.8 Å². The number of para-hydroxylation sites is 1. The van der Waals surface area contributed by atoms with Gasteiger partial charge in [-0.15, -0.1) is 0 Å². The molecule has 0 aliphatic heterocycles. The molecule has 4 rings (SSSR count). The number of rotatable bonds is 8. The van der Waals surface area contributed by atoms with E-state index >= 15 is 0 Å². The number of sulfonamides is 1. The fourth-order valence-electron chi connectivity index (χ4n) is 3.88. The molecule has 0 spiro atoms. The summed E-state index contributed by atoms with van der Waals surface area (Å²) in [4.78, 5) is 12.9. The van der Waals surface area contributed by atoms with Crippen molar-refractivity contribution in [2.24, 2.45) is 0 Å². The Bertz CT molecular complexity index is 1410. The van der Waals surface area contributed by atoms with Gasteiger partial charge in [-0.2, -0.15) is 5.10 Å². The lowest BCUT2D eigenvalue weighted by molar-refractivity contribution is 0.0950. The van der Waals surface area contributed by atoms with E-state index in [2.05, 4.69) is 22.5 Å². The Morgan fingerprint density at radius 3 is 2.14 bits per heavy atom. The van der Waals surface area contributed by atoms with Crippen LogP contribution in [0.2, 0.25) is 0 Å². The molecule has 3 aromatic carbocycles. The van der Waals surface area contributed by atoms with Crippen molar-refractivity contribution in [2.45, 2.75) is 31.8 Å². The molecule has 0 aliphatic rings. The molecule has 0 atom stereocenters. The molecule has 0 aliphatic carbocycles. The van der Waals surface area contributed by atoms with Crippen LogP contribution in [0.4, 0.5) is 5.69 Å². The summed E-state index contributed by atoms with van der Waals surface area (Å²) < 4.78 is 29.1. The van der Waals surface area contributed by atoms with Crippen molar-refractivity contribution in [1.82, 2.24) is 15.1 Å². The molecule has 4 aromatic rings. The minimum Gasteiger partial charge on any atom is -0.348 e. The summed E-state index contributed by atoms with van der Waals surface area (Å²) >= 11 is 0. The standard InChI is InChI=1S/C27H28N4O3S/c1-20-26(21(2)31(29-20)19-22-10-6-4-7-11-22)18-28-27(32)23-14-16-25(17-15-23)35(33,34)30(3)24-12-8-5-9-13-24/h4-17H,18-19H2,1-3H3,(H,28,32). The highest BCUT2D eigenvalue weighted by atomic mass is 32.2. The normalized spacial score (nSPS) is 11.3. The fourth-order valence-corrected chi connectivity index (χ4v) is 5.08. The molecule has 1 aromatic heterocycles. The second-order valence-electron chi connectivity index (χ2n) is 8.31. The Labute approximate surface area is 206 Å². The van der Waals surface area contributed by atoms with Crippen LogP contribution in [-0.2, 0) is 23.1 Å². The number of nitrogens with one attached hydrogen (secondary N) is 1. The average molecular weight is 489 g/mol. The van der Waals surface area contributed by atoms with Crippen molar-refractivity contribution in [1.29, 1.82) is 0 Å². The van der Waals surface area contributed by atoms with Crippen molar-refractivity contribution >= 4 is 21.6 Å². The summed E-state index contributed by atoms with van der Waals surface area (Å²) in [6, 6.07) is 24.9. The second-order valence-corrected chi connectivity index (χ2v) is 10.3. The molecular formula is C27H28N4O3S. The van der Waals surface area contributed by atoms with Crippen LogP contribution in [0.25, 0.3) is 0 Å². The summed E-state index contributed by atoms with van der Waals surface area (Å²) in [6.45, 7) is 4.92. The number of hydrogen-bond donors (Lipinski definition) is 1. The maximum atomic E-state index is 12.9. The Morgan fingerprint density at radius 1 is 0.914 bits per heavy atom. The topological polar surface area (TPSA) is 84.3 Å². The lowest BCUT2D eigenvalue weighted by atomic mass is 10.1. The van der Waals surface area contributed by atoms with Gasteiger partial charge in [-0.1, -0.05) is 48.5 Å². The zero-order valence-corrected chi connectivity index (χ0v) is 20.8. The quantitative estimate of drug-likeness (QED) is 0.401. The highest BCUT2D eigenvalue weighted by Gasteiger charge is 2.21. The summed E-state index contributed by atoms with van der Waals surface area (Å²) in [5, 5.41) is 7.56. The van der Waals surface area contributed by atoms with E-state index < -0.39 is 10.0 Å². The molecule has 0 unspecified atom stereocenters. The van der Waals surface area contributed by atoms with E-state index in [4.69, 9.17) is 0 Å². The molecule has 1 amide bonds. The van der Waals surface area contributed by atoms with Crippen molar-refractivity contribution < 1.29 is 13.2 Å². The maximum Gasteiger partial charge on any atom is 0.264 e. The molecule has 8 heteroatoms. The number of aryl methyl sites for hydroxylation is 1. The monoisotopic (exact) mass is 488 g/mol. The van der Waals surface area contributed by atoms with Crippen LogP contribution in [0, 0.1) is 13.8 Å². The van der Waals surface area contributed by atoms with E-state index in [1.54, 1.807) is 24.3 Å². The van der Waals surface area contributed by atoms with Crippen LogP contribution in [0.3, 0.4) is 0 Å². The van der Waals surface area contributed by atoms with Gasteiger partial charge in [-0.3, -0.25) is 13.8 Å². The third-order valence-electron chi connectivity index (χ3n) is 6.03. The highest BCUT2D eigenvalue weighted by Crippen LogP contribution is 2.22. The fraction of sp³-hybridized carbons (Fsp3) is 0.185. The van der Waals surface area contributed by atoms with Gasteiger partial charge in [0.25, 0.3) is 15.9 Å². The first-order valence-corrected chi connectivity index (χ1v) is 12.7. The van der Waals surface area contributed by atoms with Gasteiger partial charge < -0.3 is 5.32 Å². The molecule has 7 nitrogen and oxygen atoms in total. The predicted molar refractivity (Wildman–Crippen MR) is 137 cm³/mol. The Morgan fingerprint density at radius 2 is 1.51 bits per heavy atom. The Kier molecular flexibility index (Phi) is 7.02. The molecular weight excluding hydrogens is 460 g/mol. The van der Waals surface area contributed by atoms with Crippen LogP contribution >= 0.6 is 0 Å². The number of benzene rings is 3. The van der Waals surface area contributed by atoms with Crippen LogP contribution < -0.4 is 9.62 Å². The second kappa shape index (κ2) is 10.1. The third-order valence-corrected chi connectivity index (χ3v) is 7.83. The Hall–Kier alpha value is -3.91. The minimum atomic E-state index is -3.73. The molecule has 0 fully saturated rings. The number of nitrogens with zero attached hydrogens (tertiary/aromatic N) is 3. The number of hydrogen-bond acceptors (Lipinski definition) is 4. The average Bonchev–Trinajstić information content (AvgIpc) is 3.15. The van der Waals surface area contributed by atoms with Crippen LogP contribution in [-0.4, -0.2) is 31.2 Å². The summed E-state index contributed by atoms with van der Waals surface area (Å²) in [5.74, 6) is -0.278. The lowest BCUT2D eigenvalue weighted by Gasteiger charge is -2.19. The summed E-state index contributed by atoms with van der Waals surface area (Å²) in [7, 11) is -2.23. The number of aromatic nitrogens is 2. The zero-order valence-electron chi connectivity index (χ0n) is 20.0. The molecule has 0 saturated carbocycles. The number of anilines is 1. The zero-order chi connectivity index (χ0) is 25.0. The van der Waals surface area contributed by atoms with E-state index in [1.807, 2.05) is 42.8 Å². The van der Waals surface area contributed by atoms with Gasteiger partial charge >= 0.3 is 0 Å². The number of carbonyl (C=O) groups excluding carboxylic acids is 1. The molecule has 1 N–H and O–H groups in total. The molecule has 0 bridgehead atoms. The SMILES string of the molecule is Cc1nn(Cc2ccccc2)c(C)c1CNC(=O)c1ccc(S(=O)(=O)N(C)c2ccccc2)cc1. The smallest absolute Gasteiger partial charge is 0.264 e. The van der Waals surface area contributed by atoms with Crippen molar-refractivity contribution in [2.75, 3.05) is 11.4 Å². The molecule has 0 radical (unpaired) electrons. The minimum absolute atomic E-state index is 0.120. The van der Waals surface area contributed by atoms with Crippen LogP contribution in [0.5, 0.6) is 0 Å². The number of amides is 1. The van der Waals surface area contributed by atoms with Crippen molar-refractivity contribution in [3.63, 3.8) is 0 Å². The summed E-state index contributed by atoms with van der Waals surface area (Å²) in [6.07, 6.45) is 0. The van der Waals surface area contributed by atoms with Gasteiger partial charge in [-0.25, -0.2) is 8.42 Å². The molecule has 0 saturated heterocycles. The lowest BCUT2D eigenvalue weighted by Crippen LogP contribution is -2.27. The maximum absolute atomic E-state index is 12.9. The molecule has 35 heavy (non-hydrogen) atoms. The van der Waals surface area contributed by atoms with Crippen LogP contribution in [0.1, 0.15) is 32.9 Å². The first-order chi connectivity index (χ1) is 16.8. The van der Waals surface area contributed by atoms with Gasteiger partial charge in [0.1, 0.15) is 0 Å². The predicted octanol–water partition coefficient (Wildman–Crippen LogP) is 4.30. The van der Waals surface area contributed by atoms with E-state index in [1.165, 1.54) is 35.6 Å². The third kappa shape index (κ3) is 5.27. The van der Waals surface area contributed by atoms with E-state index in [0.717, 1.165) is 22.5 Å². The first kappa shape index (κ1) is 24.2. The van der Waals surface area contributed by atoms with Crippen molar-refractivity contribution in [3.05, 3.63) is 113 Å². The van der Waals surface area contributed by atoms with Gasteiger partial charge in [0, 0.05) is 30.4 Å². The Balaban J connectivity index is 1.43. The summed E-state index contributed by atoms with van der Waals surface area (Å²) in [5.41, 5.74) is 4.94. The number of carbonyl (C=O) groups is 1.